The lowest BCUT2D eigenvalue weighted by atomic mass is 10.2. The summed E-state index contributed by atoms with van der Waals surface area (Å²) in [5, 5.41) is 27.6. The summed E-state index contributed by atoms with van der Waals surface area (Å²) in [5.41, 5.74) is 1.46. The van der Waals surface area contributed by atoms with Crippen molar-refractivity contribution in [1.29, 1.82) is 5.41 Å². The van der Waals surface area contributed by atoms with Gasteiger partial charge in [0.2, 0.25) is 0 Å². The maximum absolute atomic E-state index is 10.6. The van der Waals surface area contributed by atoms with E-state index in [1.54, 1.807) is 16.7 Å². The van der Waals surface area contributed by atoms with E-state index in [1.807, 2.05) is 0 Å². The van der Waals surface area contributed by atoms with Crippen molar-refractivity contribution in [3.63, 3.8) is 0 Å². The first-order chi connectivity index (χ1) is 10.1. The van der Waals surface area contributed by atoms with E-state index in [4.69, 9.17) is 5.41 Å². The lowest BCUT2D eigenvalue weighted by molar-refractivity contribution is -0.384. The van der Waals surface area contributed by atoms with Gasteiger partial charge in [-0.05, 0) is 5.56 Å². The van der Waals surface area contributed by atoms with Crippen LogP contribution in [0.15, 0.2) is 36.9 Å². The van der Waals surface area contributed by atoms with Crippen LogP contribution in [0.25, 0.3) is 11.2 Å². The Labute approximate surface area is 117 Å². The summed E-state index contributed by atoms with van der Waals surface area (Å²) in [6.45, 7) is 0.413. The molecule has 9 heteroatoms. The Morgan fingerprint density at radius 2 is 1.95 bits per heavy atom. The van der Waals surface area contributed by atoms with Crippen molar-refractivity contribution in [2.75, 3.05) is 0 Å². The van der Waals surface area contributed by atoms with Gasteiger partial charge in [-0.2, -0.15) is 4.73 Å². The Kier molecular flexibility index (Phi) is 2.87. The van der Waals surface area contributed by atoms with Gasteiger partial charge in [0.05, 0.1) is 17.8 Å². The van der Waals surface area contributed by atoms with Crippen LogP contribution in [0.5, 0.6) is 0 Å². The molecule has 2 aromatic heterocycles. The molecule has 3 rings (SSSR count). The third kappa shape index (κ3) is 2.20. The molecule has 2 N–H and O–H groups in total. The number of nitro groups is 1. The third-order valence-electron chi connectivity index (χ3n) is 3.05. The van der Waals surface area contributed by atoms with Crippen LogP contribution in [-0.4, -0.2) is 29.4 Å². The molecule has 2 heterocycles. The molecule has 1 aromatic carbocycles. The fraction of sp³-hybridized carbons (Fsp3) is 0.0833. The van der Waals surface area contributed by atoms with Crippen molar-refractivity contribution in [2.45, 2.75) is 6.54 Å². The standard InChI is InChI=1S/C12H10N6O3/c13-11-10-12(15-7-17(11)19)16(6-14-10)5-8-1-3-9(4-2-8)18(20)21/h1-4,6-7,13,19H,5H2. The summed E-state index contributed by atoms with van der Waals surface area (Å²) >= 11 is 0. The van der Waals surface area contributed by atoms with Crippen molar-refractivity contribution in [3.05, 3.63) is 58.1 Å². The number of benzene rings is 1. The quantitative estimate of drug-likeness (QED) is 0.421. The molecule has 0 saturated heterocycles. The Balaban J connectivity index is 1.97. The van der Waals surface area contributed by atoms with E-state index in [2.05, 4.69) is 9.97 Å². The molecule has 3 aromatic rings. The monoisotopic (exact) mass is 286 g/mol. The number of nitrogens with one attached hydrogen (secondary N) is 1. The molecule has 106 valence electrons. The largest absolute Gasteiger partial charge is 0.425 e. The first-order valence-corrected chi connectivity index (χ1v) is 5.96. The molecular formula is C12H10N6O3. The van der Waals surface area contributed by atoms with Gasteiger partial charge in [-0.15, -0.1) is 0 Å². The Bertz CT molecular complexity index is 880. The highest BCUT2D eigenvalue weighted by Gasteiger charge is 2.09. The number of non-ortho nitro benzene ring substituents is 1. The minimum atomic E-state index is -0.454. The Hall–Kier alpha value is -3.23. The average molecular weight is 286 g/mol. The molecule has 21 heavy (non-hydrogen) atoms. The maximum Gasteiger partial charge on any atom is 0.269 e. The van der Waals surface area contributed by atoms with E-state index in [0.29, 0.717) is 16.9 Å². The number of imidazole rings is 1. The minimum Gasteiger partial charge on any atom is -0.425 e. The molecule has 0 spiro atoms. The number of nitrogens with zero attached hydrogens (tertiary/aromatic N) is 5. The first kappa shape index (κ1) is 12.8. The van der Waals surface area contributed by atoms with Gasteiger partial charge in [0.15, 0.2) is 16.7 Å². The third-order valence-corrected chi connectivity index (χ3v) is 3.05. The number of nitro benzene ring substituents is 1. The summed E-state index contributed by atoms with van der Waals surface area (Å²) in [4.78, 5) is 18.2. The fourth-order valence-electron chi connectivity index (χ4n) is 1.99. The highest BCUT2D eigenvalue weighted by molar-refractivity contribution is 5.68. The summed E-state index contributed by atoms with van der Waals surface area (Å²) in [7, 11) is 0. The smallest absolute Gasteiger partial charge is 0.269 e. The van der Waals surface area contributed by atoms with Crippen LogP contribution in [0.4, 0.5) is 5.69 Å². The van der Waals surface area contributed by atoms with Crippen LogP contribution in [0, 0.1) is 15.5 Å². The van der Waals surface area contributed by atoms with Gasteiger partial charge in [0.1, 0.15) is 6.33 Å². The minimum absolute atomic E-state index is 0.0298. The highest BCUT2D eigenvalue weighted by Crippen LogP contribution is 2.14. The number of hydrogen-bond donors (Lipinski definition) is 2. The number of rotatable bonds is 3. The second-order valence-corrected chi connectivity index (χ2v) is 4.41. The van der Waals surface area contributed by atoms with Gasteiger partial charge in [-0.25, -0.2) is 9.97 Å². The van der Waals surface area contributed by atoms with Crippen LogP contribution < -0.4 is 5.49 Å². The van der Waals surface area contributed by atoms with E-state index in [0.717, 1.165) is 11.9 Å². The first-order valence-electron chi connectivity index (χ1n) is 5.96. The second kappa shape index (κ2) is 4.71. The van der Waals surface area contributed by atoms with E-state index in [-0.39, 0.29) is 16.7 Å². The average Bonchev–Trinajstić information content (AvgIpc) is 2.87. The molecule has 0 amide bonds. The molecule has 0 fully saturated rings. The predicted octanol–water partition coefficient (Wildman–Crippen LogP) is 0.906. The van der Waals surface area contributed by atoms with Crippen LogP contribution in [-0.2, 0) is 6.54 Å². The Morgan fingerprint density at radius 1 is 1.24 bits per heavy atom. The molecule has 0 aliphatic heterocycles. The van der Waals surface area contributed by atoms with Gasteiger partial charge < -0.3 is 9.77 Å². The molecule has 0 saturated carbocycles. The van der Waals surface area contributed by atoms with Crippen molar-refractivity contribution >= 4 is 16.9 Å². The van der Waals surface area contributed by atoms with Gasteiger partial charge in [0.25, 0.3) is 5.69 Å². The molecule has 0 aliphatic rings. The van der Waals surface area contributed by atoms with Gasteiger partial charge in [-0.3, -0.25) is 15.5 Å². The van der Waals surface area contributed by atoms with E-state index in [1.165, 1.54) is 18.5 Å². The van der Waals surface area contributed by atoms with Gasteiger partial charge in [0, 0.05) is 12.1 Å². The molecule has 0 atom stereocenters. The number of aromatic nitrogens is 4. The Morgan fingerprint density at radius 3 is 2.62 bits per heavy atom. The summed E-state index contributed by atoms with van der Waals surface area (Å²) < 4.78 is 2.29. The normalized spacial score (nSPS) is 10.9. The molecule has 0 unspecified atom stereocenters. The van der Waals surface area contributed by atoms with Crippen LogP contribution in [0.3, 0.4) is 0 Å². The SMILES string of the molecule is N=c1c2ncn(Cc3ccc([N+](=O)[O-])cc3)c2ncn1O. The predicted molar refractivity (Wildman–Crippen MR) is 70.8 cm³/mol. The zero-order valence-corrected chi connectivity index (χ0v) is 10.7. The molecule has 0 bridgehead atoms. The highest BCUT2D eigenvalue weighted by atomic mass is 16.6. The van der Waals surface area contributed by atoms with Crippen LogP contribution in [0.1, 0.15) is 5.56 Å². The lowest BCUT2D eigenvalue weighted by Crippen LogP contribution is -2.18. The van der Waals surface area contributed by atoms with E-state index in [9.17, 15) is 15.3 Å². The summed E-state index contributed by atoms with van der Waals surface area (Å²) in [6, 6.07) is 6.17. The number of fused-ring (bicyclic) bond motifs is 1. The van der Waals surface area contributed by atoms with Crippen molar-refractivity contribution in [3.8, 4) is 0 Å². The number of hydrogen-bond acceptors (Lipinski definition) is 6. The van der Waals surface area contributed by atoms with E-state index >= 15 is 0 Å². The molecule has 9 nitrogen and oxygen atoms in total. The van der Waals surface area contributed by atoms with Crippen molar-refractivity contribution in [2.24, 2.45) is 0 Å². The summed E-state index contributed by atoms with van der Waals surface area (Å²) in [5.74, 6) is 0. The lowest BCUT2D eigenvalue weighted by Gasteiger charge is -2.04. The molecule has 0 aliphatic carbocycles. The van der Waals surface area contributed by atoms with Crippen LogP contribution >= 0.6 is 0 Å². The fourth-order valence-corrected chi connectivity index (χ4v) is 1.99. The van der Waals surface area contributed by atoms with Crippen molar-refractivity contribution < 1.29 is 10.1 Å². The second-order valence-electron chi connectivity index (χ2n) is 4.41. The zero-order chi connectivity index (χ0) is 15.0. The maximum atomic E-state index is 10.6. The van der Waals surface area contributed by atoms with Crippen LogP contribution in [0.2, 0.25) is 0 Å². The van der Waals surface area contributed by atoms with Gasteiger partial charge in [-0.1, -0.05) is 12.1 Å². The molecule has 0 radical (unpaired) electrons. The van der Waals surface area contributed by atoms with Gasteiger partial charge >= 0.3 is 0 Å². The topological polar surface area (TPSA) is 123 Å². The zero-order valence-electron chi connectivity index (χ0n) is 10.7. The van der Waals surface area contributed by atoms with Crippen molar-refractivity contribution in [1.82, 2.24) is 19.3 Å². The molecular weight excluding hydrogens is 276 g/mol. The summed E-state index contributed by atoms with van der Waals surface area (Å²) in [6.07, 6.45) is 2.63. The van der Waals surface area contributed by atoms with E-state index < -0.39 is 4.92 Å².